The minimum absolute atomic E-state index is 0.0514. The lowest BCUT2D eigenvalue weighted by Crippen LogP contribution is -2.50. The fraction of sp³-hybridized carbons (Fsp3) is 0.294. The Labute approximate surface area is 161 Å². The lowest BCUT2D eigenvalue weighted by atomic mass is 9.97. The van der Waals surface area contributed by atoms with Gasteiger partial charge >= 0.3 is 0 Å². The highest BCUT2D eigenvalue weighted by molar-refractivity contribution is 7.89. The second kappa shape index (κ2) is 6.58. The average Bonchev–Trinajstić information content (AvgIpc) is 2.96. The zero-order valence-electron chi connectivity index (χ0n) is 14.4. The van der Waals surface area contributed by atoms with E-state index in [1.165, 1.54) is 18.4 Å². The molecule has 0 aliphatic carbocycles. The zero-order valence-corrected chi connectivity index (χ0v) is 16.8. The molecule has 3 rings (SSSR count). The number of nitrogens with zero attached hydrogens (tertiary/aromatic N) is 3. The number of nitrogens with two attached hydrogens (primary N) is 1. The number of halogens is 1. The van der Waals surface area contributed by atoms with E-state index in [2.05, 4.69) is 21.8 Å². The van der Waals surface area contributed by atoms with Gasteiger partial charge in [-0.3, -0.25) is 4.98 Å². The molecule has 2 aromatic heterocycles. The van der Waals surface area contributed by atoms with E-state index in [1.54, 1.807) is 26.2 Å². The molecular weight excluding hydrogens is 392 g/mol. The van der Waals surface area contributed by atoms with Crippen molar-refractivity contribution >= 4 is 38.9 Å². The fourth-order valence-corrected chi connectivity index (χ4v) is 5.70. The van der Waals surface area contributed by atoms with Gasteiger partial charge in [-0.15, -0.1) is 17.3 Å². The molecule has 0 saturated carbocycles. The standard InChI is InChI=1S/C17H17ClN4O2S2/c1-4-5-11-6-12(9-20-8-11)14-7-13(15(18)25-14)17(2)10-26(23,24)22(3)16(19)21-17/h6-9H,10H2,1-3H3,(H2,19,21)/t17-/m0/s1. The average molecular weight is 409 g/mol. The van der Waals surface area contributed by atoms with Gasteiger partial charge < -0.3 is 5.73 Å². The SMILES string of the molecule is CC#Cc1cncc(-c2cc([C@]3(C)CS(=O)(=O)N(C)C(N)=N3)c(Cl)s2)c1. The predicted octanol–water partition coefficient (Wildman–Crippen LogP) is 2.64. The Morgan fingerprint density at radius 1 is 1.38 bits per heavy atom. The van der Waals surface area contributed by atoms with Crippen LogP contribution in [0.1, 0.15) is 25.0 Å². The molecule has 0 saturated heterocycles. The first-order valence-electron chi connectivity index (χ1n) is 7.66. The molecule has 3 heterocycles. The number of aromatic nitrogens is 1. The minimum Gasteiger partial charge on any atom is -0.369 e. The molecule has 2 aromatic rings. The van der Waals surface area contributed by atoms with Crippen LogP contribution < -0.4 is 5.73 Å². The number of thiophene rings is 1. The second-order valence-electron chi connectivity index (χ2n) is 6.10. The van der Waals surface area contributed by atoms with Crippen LogP contribution >= 0.6 is 22.9 Å². The second-order valence-corrected chi connectivity index (χ2v) is 9.76. The van der Waals surface area contributed by atoms with Gasteiger partial charge in [-0.1, -0.05) is 17.5 Å². The molecule has 0 bridgehead atoms. The van der Waals surface area contributed by atoms with Gasteiger partial charge in [0.25, 0.3) is 0 Å². The molecule has 2 N–H and O–H groups in total. The first-order chi connectivity index (χ1) is 12.2. The Balaban J connectivity index is 2.09. The molecule has 0 radical (unpaired) electrons. The number of aliphatic imine (C=N–C) groups is 1. The van der Waals surface area contributed by atoms with Crippen molar-refractivity contribution in [2.75, 3.05) is 12.8 Å². The maximum Gasteiger partial charge on any atom is 0.239 e. The van der Waals surface area contributed by atoms with Crippen molar-refractivity contribution in [3.05, 3.63) is 40.0 Å². The Morgan fingerprint density at radius 3 is 2.77 bits per heavy atom. The summed E-state index contributed by atoms with van der Waals surface area (Å²) in [6.45, 7) is 3.48. The maximum absolute atomic E-state index is 12.4. The molecule has 136 valence electrons. The van der Waals surface area contributed by atoms with E-state index >= 15 is 0 Å². The first-order valence-corrected chi connectivity index (χ1v) is 10.5. The number of hydrogen-bond donors (Lipinski definition) is 1. The van der Waals surface area contributed by atoms with E-state index in [4.69, 9.17) is 17.3 Å². The smallest absolute Gasteiger partial charge is 0.239 e. The van der Waals surface area contributed by atoms with Gasteiger partial charge in [0.15, 0.2) is 0 Å². The lowest BCUT2D eigenvalue weighted by Gasteiger charge is -2.34. The third-order valence-corrected chi connectivity index (χ3v) is 7.48. The van der Waals surface area contributed by atoms with Gasteiger partial charge in [0.2, 0.25) is 16.0 Å². The summed E-state index contributed by atoms with van der Waals surface area (Å²) in [6, 6.07) is 3.77. The van der Waals surface area contributed by atoms with Crippen molar-refractivity contribution < 1.29 is 8.42 Å². The summed E-state index contributed by atoms with van der Waals surface area (Å²) in [5.41, 5.74) is 7.06. The third kappa shape index (κ3) is 3.30. The van der Waals surface area contributed by atoms with Crippen LogP contribution in [0.2, 0.25) is 4.34 Å². The van der Waals surface area contributed by atoms with Gasteiger partial charge in [0.1, 0.15) is 5.54 Å². The van der Waals surface area contributed by atoms with E-state index in [-0.39, 0.29) is 11.7 Å². The maximum atomic E-state index is 12.4. The van der Waals surface area contributed by atoms with Crippen molar-refractivity contribution in [1.82, 2.24) is 9.29 Å². The number of rotatable bonds is 2. The zero-order chi connectivity index (χ0) is 19.1. The van der Waals surface area contributed by atoms with Crippen molar-refractivity contribution in [3.8, 4) is 22.3 Å². The summed E-state index contributed by atoms with van der Waals surface area (Å²) in [5.74, 6) is 5.55. The van der Waals surface area contributed by atoms with Crippen molar-refractivity contribution in [1.29, 1.82) is 0 Å². The monoisotopic (exact) mass is 408 g/mol. The summed E-state index contributed by atoms with van der Waals surface area (Å²) < 4.78 is 26.2. The number of hydrogen-bond acceptors (Lipinski definition) is 6. The molecule has 1 atom stereocenters. The van der Waals surface area contributed by atoms with Crippen LogP contribution in [0.4, 0.5) is 0 Å². The quantitative estimate of drug-likeness (QED) is 0.773. The number of pyridine rings is 1. The Morgan fingerprint density at radius 2 is 2.12 bits per heavy atom. The van der Waals surface area contributed by atoms with Gasteiger partial charge in [-0.05, 0) is 26.0 Å². The molecule has 6 nitrogen and oxygen atoms in total. The summed E-state index contributed by atoms with van der Waals surface area (Å²) >= 11 is 7.79. The van der Waals surface area contributed by atoms with Crippen LogP contribution in [-0.2, 0) is 15.6 Å². The lowest BCUT2D eigenvalue weighted by molar-refractivity contribution is 0.478. The Kier molecular flexibility index (Phi) is 4.73. The van der Waals surface area contributed by atoms with Crippen molar-refractivity contribution in [2.24, 2.45) is 10.7 Å². The molecule has 9 heteroatoms. The van der Waals surface area contributed by atoms with Crippen LogP contribution in [-0.4, -0.2) is 36.5 Å². The third-order valence-electron chi connectivity index (χ3n) is 4.12. The highest BCUT2D eigenvalue weighted by atomic mass is 35.5. The summed E-state index contributed by atoms with van der Waals surface area (Å²) in [7, 11) is -2.17. The molecule has 1 aliphatic heterocycles. The summed E-state index contributed by atoms with van der Waals surface area (Å²) in [6.07, 6.45) is 3.41. The molecular formula is C17H17ClN4O2S2. The van der Waals surface area contributed by atoms with Crippen LogP contribution in [0.15, 0.2) is 29.5 Å². The highest BCUT2D eigenvalue weighted by Crippen LogP contribution is 2.43. The van der Waals surface area contributed by atoms with Gasteiger partial charge in [-0.2, -0.15) is 0 Å². The van der Waals surface area contributed by atoms with Gasteiger partial charge in [0.05, 0.1) is 10.1 Å². The molecule has 0 fully saturated rings. The van der Waals surface area contributed by atoms with Crippen LogP contribution in [0.3, 0.4) is 0 Å². The van der Waals surface area contributed by atoms with Gasteiger partial charge in [-0.25, -0.2) is 17.7 Å². The van der Waals surface area contributed by atoms with E-state index in [9.17, 15) is 8.42 Å². The van der Waals surface area contributed by atoms with Crippen molar-refractivity contribution in [3.63, 3.8) is 0 Å². The molecule has 0 spiro atoms. The van der Waals surface area contributed by atoms with E-state index < -0.39 is 15.6 Å². The summed E-state index contributed by atoms with van der Waals surface area (Å²) in [4.78, 5) is 9.47. The molecule has 0 aromatic carbocycles. The van der Waals surface area contributed by atoms with Crippen LogP contribution in [0.25, 0.3) is 10.4 Å². The number of guanidine groups is 1. The Hall–Kier alpha value is -2.08. The van der Waals surface area contributed by atoms with Crippen LogP contribution in [0.5, 0.6) is 0 Å². The molecule has 1 aliphatic rings. The summed E-state index contributed by atoms with van der Waals surface area (Å²) in [5, 5.41) is 0. The molecule has 0 unspecified atom stereocenters. The first kappa shape index (κ1) is 18.7. The topological polar surface area (TPSA) is 88.7 Å². The molecule has 0 amide bonds. The van der Waals surface area contributed by atoms with Gasteiger partial charge in [0, 0.05) is 41.0 Å². The largest absolute Gasteiger partial charge is 0.369 e. The van der Waals surface area contributed by atoms with E-state index in [0.29, 0.717) is 9.90 Å². The van der Waals surface area contributed by atoms with E-state index in [1.807, 2.05) is 12.1 Å². The fourth-order valence-electron chi connectivity index (χ4n) is 2.75. The highest BCUT2D eigenvalue weighted by Gasteiger charge is 2.42. The van der Waals surface area contributed by atoms with Crippen LogP contribution in [0, 0.1) is 11.8 Å². The minimum atomic E-state index is -3.56. The van der Waals surface area contributed by atoms with E-state index in [0.717, 1.165) is 20.3 Å². The van der Waals surface area contributed by atoms with Crippen molar-refractivity contribution in [2.45, 2.75) is 19.4 Å². The number of sulfonamides is 1. The Bertz CT molecular complexity index is 1070. The molecule has 26 heavy (non-hydrogen) atoms. The predicted molar refractivity (Wildman–Crippen MR) is 106 cm³/mol. The normalized spacial score (nSPS) is 21.7.